The zero-order valence-electron chi connectivity index (χ0n) is 26.6. The van der Waals surface area contributed by atoms with Crippen LogP contribution in [-0.4, -0.2) is 48.2 Å². The quantitative estimate of drug-likeness (QED) is 0.196. The van der Waals surface area contributed by atoms with Crippen LogP contribution in [0.15, 0.2) is 97.1 Å². The molecule has 2 amide bonds. The zero-order chi connectivity index (χ0) is 32.6. The molecule has 0 fully saturated rings. The Morgan fingerprint density at radius 2 is 1.63 bits per heavy atom. The Hall–Kier alpha value is -4.43. The summed E-state index contributed by atoms with van der Waals surface area (Å²) >= 11 is 0. The Balaban J connectivity index is 1.29. The summed E-state index contributed by atoms with van der Waals surface area (Å²) < 4.78 is 11.5. The number of aliphatic hydroxyl groups excluding tert-OH is 1. The van der Waals surface area contributed by atoms with E-state index in [-0.39, 0.29) is 43.3 Å². The minimum atomic E-state index is -0.594. The molecule has 1 aliphatic heterocycles. The molecule has 3 aromatic carbocycles. The summed E-state index contributed by atoms with van der Waals surface area (Å²) in [4.78, 5) is 39.2. The van der Waals surface area contributed by atoms with E-state index in [4.69, 9.17) is 9.47 Å². The molecular formula is C38H46N2O6. The van der Waals surface area contributed by atoms with Crippen LogP contribution in [0.25, 0.3) is 0 Å². The van der Waals surface area contributed by atoms with Gasteiger partial charge in [0.05, 0.1) is 30.5 Å². The first kappa shape index (κ1) is 34.4. The van der Waals surface area contributed by atoms with Gasteiger partial charge in [-0.2, -0.15) is 0 Å². The van der Waals surface area contributed by atoms with Gasteiger partial charge in [0.25, 0.3) is 0 Å². The van der Waals surface area contributed by atoms with Gasteiger partial charge in [-0.25, -0.2) is 0 Å². The van der Waals surface area contributed by atoms with Crippen molar-refractivity contribution in [3.8, 4) is 5.75 Å². The number of amides is 2. The van der Waals surface area contributed by atoms with Crippen molar-refractivity contribution in [2.24, 2.45) is 11.8 Å². The average Bonchev–Trinajstić information content (AvgIpc) is 3.07. The fraction of sp³-hybridized carbons (Fsp3) is 0.395. The number of hydrogen-bond acceptors (Lipinski definition) is 6. The second-order valence-electron chi connectivity index (χ2n) is 12.0. The van der Waals surface area contributed by atoms with E-state index in [2.05, 4.69) is 10.6 Å². The first-order valence-electron chi connectivity index (χ1n) is 16.2. The Morgan fingerprint density at radius 1 is 0.935 bits per heavy atom. The van der Waals surface area contributed by atoms with Gasteiger partial charge in [0.2, 0.25) is 11.8 Å². The normalized spacial score (nSPS) is 20.1. The van der Waals surface area contributed by atoms with E-state index < -0.39 is 18.0 Å². The first-order chi connectivity index (χ1) is 22.4. The van der Waals surface area contributed by atoms with Crippen molar-refractivity contribution in [1.82, 2.24) is 10.6 Å². The third kappa shape index (κ3) is 11.8. The van der Waals surface area contributed by atoms with E-state index in [1.807, 2.05) is 97.1 Å². The van der Waals surface area contributed by atoms with Gasteiger partial charge in [0, 0.05) is 6.42 Å². The molecule has 3 aromatic rings. The van der Waals surface area contributed by atoms with Crippen molar-refractivity contribution in [3.63, 3.8) is 0 Å². The van der Waals surface area contributed by atoms with Crippen molar-refractivity contribution in [1.29, 1.82) is 0 Å². The summed E-state index contributed by atoms with van der Waals surface area (Å²) in [7, 11) is 0. The number of ether oxygens (including phenoxy) is 2. The summed E-state index contributed by atoms with van der Waals surface area (Å²) in [6.07, 6.45) is 7.68. The molecule has 1 heterocycles. The predicted molar refractivity (Wildman–Crippen MR) is 178 cm³/mol. The number of cyclic esters (lactones) is 1. The van der Waals surface area contributed by atoms with Gasteiger partial charge < -0.3 is 25.2 Å². The highest BCUT2D eigenvalue weighted by Crippen LogP contribution is 2.20. The Bertz CT molecular complexity index is 1390. The summed E-state index contributed by atoms with van der Waals surface area (Å²) in [5.74, 6) is -0.938. The minimum Gasteiger partial charge on any atom is -0.489 e. The molecule has 4 rings (SSSR count). The van der Waals surface area contributed by atoms with Gasteiger partial charge in [-0.3, -0.25) is 14.4 Å². The standard InChI is InChI=1S/C38H46N2O6/c1-28-26-46-38(44)33(22-29-12-6-4-7-13-29)17-11-3-2-10-16-32(37(43)39-28)24-36(42)40-34(25-41)23-30-18-20-35(21-19-30)45-27-31-14-8-5-9-15-31/h2,4-10,12-15,18-21,28,32-34,41H,3,11,16-17,22-27H2,1H3,(H,39,43)(H,40,42)/t28-,32+,33+,34-/m0/s1. The van der Waals surface area contributed by atoms with Gasteiger partial charge in [0.15, 0.2) is 0 Å². The number of allylic oxidation sites excluding steroid dienone is 2. The van der Waals surface area contributed by atoms with Crippen molar-refractivity contribution < 1.29 is 29.0 Å². The monoisotopic (exact) mass is 626 g/mol. The number of aliphatic hydroxyl groups is 1. The third-order valence-electron chi connectivity index (χ3n) is 8.08. The summed E-state index contributed by atoms with van der Waals surface area (Å²) in [5.41, 5.74) is 3.12. The lowest BCUT2D eigenvalue weighted by Gasteiger charge is -2.22. The largest absolute Gasteiger partial charge is 0.489 e. The number of rotatable bonds is 11. The lowest BCUT2D eigenvalue weighted by Crippen LogP contribution is -2.44. The maximum Gasteiger partial charge on any atom is 0.309 e. The molecule has 0 unspecified atom stereocenters. The molecule has 0 aromatic heterocycles. The summed E-state index contributed by atoms with van der Waals surface area (Å²) in [6.45, 7) is 2.09. The second-order valence-corrected chi connectivity index (χ2v) is 12.0. The minimum absolute atomic E-state index is 0.0232. The molecule has 0 spiro atoms. The fourth-order valence-electron chi connectivity index (χ4n) is 5.49. The Kier molecular flexibility index (Phi) is 13.9. The Labute approximate surface area is 272 Å². The van der Waals surface area contributed by atoms with E-state index in [9.17, 15) is 19.5 Å². The van der Waals surface area contributed by atoms with Crippen LogP contribution >= 0.6 is 0 Å². The van der Waals surface area contributed by atoms with Gasteiger partial charge in [-0.05, 0) is 74.3 Å². The number of nitrogens with one attached hydrogen (secondary N) is 2. The maximum atomic E-state index is 13.2. The van der Waals surface area contributed by atoms with Gasteiger partial charge in [-0.15, -0.1) is 0 Å². The highest BCUT2D eigenvalue weighted by molar-refractivity contribution is 5.86. The van der Waals surface area contributed by atoms with Crippen LogP contribution < -0.4 is 15.4 Å². The topological polar surface area (TPSA) is 114 Å². The number of esters is 1. The first-order valence-corrected chi connectivity index (χ1v) is 16.2. The smallest absolute Gasteiger partial charge is 0.309 e. The number of hydrogen-bond donors (Lipinski definition) is 3. The maximum absolute atomic E-state index is 13.2. The number of benzene rings is 3. The molecule has 0 saturated heterocycles. The van der Waals surface area contributed by atoms with Crippen molar-refractivity contribution in [3.05, 3.63) is 114 Å². The molecule has 244 valence electrons. The van der Waals surface area contributed by atoms with Crippen molar-refractivity contribution in [2.45, 2.75) is 70.6 Å². The van der Waals surface area contributed by atoms with E-state index in [0.717, 1.165) is 35.3 Å². The van der Waals surface area contributed by atoms with Crippen LogP contribution in [0.2, 0.25) is 0 Å². The van der Waals surface area contributed by atoms with Crippen LogP contribution in [0.1, 0.15) is 55.7 Å². The van der Waals surface area contributed by atoms with Crippen LogP contribution in [-0.2, 0) is 38.6 Å². The molecule has 3 N–H and O–H groups in total. The van der Waals surface area contributed by atoms with Gasteiger partial charge in [-0.1, -0.05) is 84.9 Å². The third-order valence-corrected chi connectivity index (χ3v) is 8.08. The van der Waals surface area contributed by atoms with Crippen LogP contribution in [0.3, 0.4) is 0 Å². The van der Waals surface area contributed by atoms with Crippen LogP contribution in [0.5, 0.6) is 5.75 Å². The van der Waals surface area contributed by atoms with Crippen LogP contribution in [0.4, 0.5) is 0 Å². The van der Waals surface area contributed by atoms with E-state index in [1.54, 1.807) is 6.92 Å². The highest BCUT2D eigenvalue weighted by Gasteiger charge is 2.26. The summed E-state index contributed by atoms with van der Waals surface area (Å²) in [5, 5.41) is 15.8. The van der Waals surface area contributed by atoms with Crippen molar-refractivity contribution in [2.75, 3.05) is 13.2 Å². The molecule has 0 bridgehead atoms. The molecule has 46 heavy (non-hydrogen) atoms. The van der Waals surface area contributed by atoms with Gasteiger partial charge in [0.1, 0.15) is 19.0 Å². The Morgan fingerprint density at radius 3 is 2.33 bits per heavy atom. The second kappa shape index (κ2) is 18.5. The lowest BCUT2D eigenvalue weighted by molar-refractivity contribution is -0.150. The van der Waals surface area contributed by atoms with E-state index in [0.29, 0.717) is 32.3 Å². The molecule has 8 nitrogen and oxygen atoms in total. The molecule has 8 heteroatoms. The molecular weight excluding hydrogens is 580 g/mol. The van der Waals surface area contributed by atoms with E-state index in [1.165, 1.54) is 0 Å². The molecule has 4 atom stereocenters. The lowest BCUT2D eigenvalue weighted by atomic mass is 9.93. The van der Waals surface area contributed by atoms with E-state index >= 15 is 0 Å². The zero-order valence-corrected chi connectivity index (χ0v) is 26.6. The number of carbonyl (C=O) groups excluding carboxylic acids is 3. The number of carbonyl (C=O) groups is 3. The summed E-state index contributed by atoms with van der Waals surface area (Å²) in [6, 6.07) is 26.5. The average molecular weight is 627 g/mol. The SMILES string of the molecule is C[C@H]1COC(=O)[C@@H](Cc2ccccc2)CCCC=CC[C@H](CC(=O)N[C@H](CO)Cc2ccc(OCc3ccccc3)cc2)C(=O)N1. The van der Waals surface area contributed by atoms with Crippen molar-refractivity contribution >= 4 is 17.8 Å². The fourth-order valence-corrected chi connectivity index (χ4v) is 5.49. The van der Waals surface area contributed by atoms with Gasteiger partial charge >= 0.3 is 5.97 Å². The molecule has 0 saturated carbocycles. The highest BCUT2D eigenvalue weighted by atomic mass is 16.5. The predicted octanol–water partition coefficient (Wildman–Crippen LogP) is 5.33. The molecule has 0 radical (unpaired) electrons. The molecule has 0 aliphatic carbocycles. The van der Waals surface area contributed by atoms with Crippen LogP contribution in [0, 0.1) is 11.8 Å². The molecule has 1 aliphatic rings.